The second kappa shape index (κ2) is 6.90. The smallest absolute Gasteiger partial charge is 0.325 e. The number of urea groups is 1. The number of ether oxygens (including phenoxy) is 1. The summed E-state index contributed by atoms with van der Waals surface area (Å²) in [5, 5.41) is 4.98. The zero-order valence-electron chi connectivity index (χ0n) is 9.33. The zero-order valence-corrected chi connectivity index (χ0v) is 10.9. The van der Waals surface area contributed by atoms with Crippen LogP contribution >= 0.6 is 15.9 Å². The average molecular weight is 301 g/mol. The first-order valence-corrected chi connectivity index (χ1v) is 5.87. The third kappa shape index (κ3) is 5.35. The molecule has 2 N–H and O–H groups in total. The third-order valence-corrected chi connectivity index (χ3v) is 2.33. The quantitative estimate of drug-likeness (QED) is 0.837. The molecular formula is C11H13BrN2O3. The van der Waals surface area contributed by atoms with Crippen LogP contribution in [-0.2, 0) is 9.53 Å². The summed E-state index contributed by atoms with van der Waals surface area (Å²) in [4.78, 5) is 22.3. The molecule has 0 aliphatic rings. The van der Waals surface area contributed by atoms with Crippen molar-refractivity contribution in [2.45, 2.75) is 6.92 Å². The molecule has 0 aromatic heterocycles. The Kier molecular flexibility index (Phi) is 5.48. The maximum Gasteiger partial charge on any atom is 0.325 e. The van der Waals surface area contributed by atoms with E-state index in [0.717, 1.165) is 4.47 Å². The third-order valence-electron chi connectivity index (χ3n) is 1.80. The Morgan fingerprint density at radius 1 is 1.29 bits per heavy atom. The van der Waals surface area contributed by atoms with E-state index in [4.69, 9.17) is 0 Å². The number of benzene rings is 1. The Balaban J connectivity index is 2.34. The molecule has 1 aromatic rings. The van der Waals surface area contributed by atoms with E-state index in [1.165, 1.54) is 0 Å². The number of halogens is 1. The minimum absolute atomic E-state index is 0.143. The van der Waals surface area contributed by atoms with E-state index in [0.29, 0.717) is 12.3 Å². The lowest BCUT2D eigenvalue weighted by Crippen LogP contribution is -2.34. The Labute approximate surface area is 108 Å². The molecule has 1 aromatic carbocycles. The Morgan fingerprint density at radius 2 is 1.94 bits per heavy atom. The van der Waals surface area contributed by atoms with E-state index in [1.807, 2.05) is 0 Å². The number of carbonyl (C=O) groups is 2. The van der Waals surface area contributed by atoms with Crippen LogP contribution in [0.2, 0.25) is 0 Å². The SMILES string of the molecule is CCOC(=O)CNC(=O)Nc1ccc(Br)cc1. The first-order chi connectivity index (χ1) is 8.11. The number of hydrogen-bond donors (Lipinski definition) is 2. The van der Waals surface area contributed by atoms with Gasteiger partial charge in [0.1, 0.15) is 6.54 Å². The Morgan fingerprint density at radius 3 is 2.53 bits per heavy atom. The van der Waals surface area contributed by atoms with Crippen molar-refractivity contribution in [3.63, 3.8) is 0 Å². The summed E-state index contributed by atoms with van der Waals surface area (Å²) in [6.07, 6.45) is 0. The van der Waals surface area contributed by atoms with Gasteiger partial charge in [-0.2, -0.15) is 0 Å². The lowest BCUT2D eigenvalue weighted by atomic mass is 10.3. The maximum atomic E-state index is 11.4. The standard InChI is InChI=1S/C11H13BrN2O3/c1-2-17-10(15)7-13-11(16)14-9-5-3-8(12)4-6-9/h3-6H,2,7H2,1H3,(H2,13,14,16). The van der Waals surface area contributed by atoms with Crippen molar-refractivity contribution in [2.24, 2.45) is 0 Å². The average Bonchev–Trinajstić information content (AvgIpc) is 2.30. The second-order valence-corrected chi connectivity index (χ2v) is 4.04. The van der Waals surface area contributed by atoms with Crippen LogP contribution in [0.5, 0.6) is 0 Å². The molecular weight excluding hydrogens is 288 g/mol. The number of nitrogens with one attached hydrogen (secondary N) is 2. The van der Waals surface area contributed by atoms with Crippen LogP contribution in [0.15, 0.2) is 28.7 Å². The molecule has 0 saturated carbocycles. The number of anilines is 1. The van der Waals surface area contributed by atoms with Gasteiger partial charge >= 0.3 is 12.0 Å². The van der Waals surface area contributed by atoms with Gasteiger partial charge in [-0.3, -0.25) is 4.79 Å². The topological polar surface area (TPSA) is 67.4 Å². The van der Waals surface area contributed by atoms with Crippen molar-refractivity contribution in [2.75, 3.05) is 18.5 Å². The largest absolute Gasteiger partial charge is 0.465 e. The van der Waals surface area contributed by atoms with Crippen molar-refractivity contribution in [1.29, 1.82) is 0 Å². The van der Waals surface area contributed by atoms with Crippen LogP contribution in [0.4, 0.5) is 10.5 Å². The minimum atomic E-state index is -0.460. The molecule has 0 aliphatic carbocycles. The van der Waals surface area contributed by atoms with Gasteiger partial charge in [-0.25, -0.2) is 4.79 Å². The van der Waals surface area contributed by atoms with Crippen molar-refractivity contribution in [1.82, 2.24) is 5.32 Å². The van der Waals surface area contributed by atoms with E-state index in [9.17, 15) is 9.59 Å². The summed E-state index contributed by atoms with van der Waals surface area (Å²) in [6, 6.07) is 6.66. The van der Waals surface area contributed by atoms with Gasteiger partial charge in [-0.1, -0.05) is 15.9 Å². The molecule has 6 heteroatoms. The maximum absolute atomic E-state index is 11.4. The molecule has 0 bridgehead atoms. The van der Waals surface area contributed by atoms with E-state index >= 15 is 0 Å². The predicted octanol–water partition coefficient (Wildman–Crippen LogP) is 2.13. The monoisotopic (exact) mass is 300 g/mol. The fourth-order valence-electron chi connectivity index (χ4n) is 1.07. The number of carbonyl (C=O) groups excluding carboxylic acids is 2. The van der Waals surface area contributed by atoms with Gasteiger partial charge < -0.3 is 15.4 Å². The Bertz CT molecular complexity index is 392. The molecule has 5 nitrogen and oxygen atoms in total. The van der Waals surface area contributed by atoms with Gasteiger partial charge in [0.05, 0.1) is 6.61 Å². The summed E-state index contributed by atoms with van der Waals surface area (Å²) < 4.78 is 5.60. The number of amides is 2. The molecule has 0 heterocycles. The number of hydrogen-bond acceptors (Lipinski definition) is 3. The van der Waals surface area contributed by atoms with Gasteiger partial charge in [0.2, 0.25) is 0 Å². The fourth-order valence-corrected chi connectivity index (χ4v) is 1.34. The molecule has 0 atom stereocenters. The summed E-state index contributed by atoms with van der Waals surface area (Å²) in [7, 11) is 0. The highest BCUT2D eigenvalue weighted by Gasteiger charge is 2.05. The van der Waals surface area contributed by atoms with Crippen LogP contribution < -0.4 is 10.6 Å². The summed E-state index contributed by atoms with van der Waals surface area (Å²) in [5.74, 6) is -0.460. The summed E-state index contributed by atoms with van der Waals surface area (Å²) >= 11 is 3.29. The van der Waals surface area contributed by atoms with Gasteiger partial charge in [0.15, 0.2) is 0 Å². The zero-order chi connectivity index (χ0) is 12.7. The van der Waals surface area contributed by atoms with Crippen molar-refractivity contribution in [3.8, 4) is 0 Å². The molecule has 17 heavy (non-hydrogen) atoms. The first kappa shape index (κ1) is 13.5. The van der Waals surface area contributed by atoms with E-state index in [1.54, 1.807) is 31.2 Å². The normalized spacial score (nSPS) is 9.53. The van der Waals surface area contributed by atoms with Crippen LogP contribution in [0, 0.1) is 0 Å². The first-order valence-electron chi connectivity index (χ1n) is 5.08. The summed E-state index contributed by atoms with van der Waals surface area (Å²) in [6.45, 7) is 1.87. The highest BCUT2D eigenvalue weighted by Crippen LogP contribution is 2.13. The molecule has 0 aliphatic heterocycles. The highest BCUT2D eigenvalue weighted by atomic mass is 79.9. The van der Waals surface area contributed by atoms with Gasteiger partial charge in [0, 0.05) is 10.2 Å². The van der Waals surface area contributed by atoms with E-state index < -0.39 is 12.0 Å². The predicted molar refractivity (Wildman–Crippen MR) is 67.8 cm³/mol. The van der Waals surface area contributed by atoms with Crippen LogP contribution in [0.1, 0.15) is 6.92 Å². The van der Waals surface area contributed by atoms with Gasteiger partial charge in [-0.15, -0.1) is 0 Å². The molecule has 92 valence electrons. The molecule has 0 unspecified atom stereocenters. The molecule has 1 rings (SSSR count). The van der Waals surface area contributed by atoms with Crippen molar-refractivity contribution >= 4 is 33.6 Å². The molecule has 0 radical (unpaired) electrons. The number of esters is 1. The lowest BCUT2D eigenvalue weighted by Gasteiger charge is -2.07. The van der Waals surface area contributed by atoms with Crippen molar-refractivity contribution in [3.05, 3.63) is 28.7 Å². The van der Waals surface area contributed by atoms with Gasteiger partial charge in [-0.05, 0) is 31.2 Å². The minimum Gasteiger partial charge on any atom is -0.465 e. The fraction of sp³-hybridized carbons (Fsp3) is 0.273. The molecule has 2 amide bonds. The Hall–Kier alpha value is -1.56. The van der Waals surface area contributed by atoms with Gasteiger partial charge in [0.25, 0.3) is 0 Å². The molecule has 0 saturated heterocycles. The highest BCUT2D eigenvalue weighted by molar-refractivity contribution is 9.10. The molecule has 0 fully saturated rings. The second-order valence-electron chi connectivity index (χ2n) is 3.12. The van der Waals surface area contributed by atoms with Crippen LogP contribution in [0.3, 0.4) is 0 Å². The van der Waals surface area contributed by atoms with Crippen molar-refractivity contribution < 1.29 is 14.3 Å². The molecule has 0 spiro atoms. The van der Waals surface area contributed by atoms with E-state index in [-0.39, 0.29) is 6.54 Å². The van der Waals surface area contributed by atoms with Crippen LogP contribution in [-0.4, -0.2) is 25.2 Å². The van der Waals surface area contributed by atoms with E-state index in [2.05, 4.69) is 31.3 Å². The van der Waals surface area contributed by atoms with Crippen LogP contribution in [0.25, 0.3) is 0 Å². The number of rotatable bonds is 4. The summed E-state index contributed by atoms with van der Waals surface area (Å²) in [5.41, 5.74) is 0.648. The lowest BCUT2D eigenvalue weighted by molar-refractivity contribution is -0.141.